The molecule has 0 radical (unpaired) electrons. The Morgan fingerprint density at radius 1 is 1.29 bits per heavy atom. The Bertz CT molecular complexity index is 364. The number of nitrogens with one attached hydrogen (secondary N) is 1. The van der Waals surface area contributed by atoms with E-state index in [0.29, 0.717) is 0 Å². The predicted octanol–water partition coefficient (Wildman–Crippen LogP) is 2.90. The zero-order chi connectivity index (χ0) is 13.1. The molecule has 0 aliphatic rings. The van der Waals surface area contributed by atoms with Gasteiger partial charge in [0.05, 0.1) is 0 Å². The van der Waals surface area contributed by atoms with Crippen LogP contribution in [0.4, 0.5) is 0 Å². The highest BCUT2D eigenvalue weighted by Crippen LogP contribution is 2.26. The third kappa shape index (κ3) is 3.83. The number of aryl methyl sites for hydroxylation is 1. The van der Waals surface area contributed by atoms with E-state index in [2.05, 4.69) is 58.1 Å². The molecule has 0 aromatic heterocycles. The summed E-state index contributed by atoms with van der Waals surface area (Å²) in [5.74, 6) is 0. The molecule has 3 N–H and O–H groups in total. The number of nitrogens with two attached hydrogens (primary N) is 1. The van der Waals surface area contributed by atoms with Crippen LogP contribution in [0.2, 0.25) is 0 Å². The maximum Gasteiger partial charge on any atom is 0.0424 e. The van der Waals surface area contributed by atoms with Crippen molar-refractivity contribution in [1.82, 2.24) is 5.32 Å². The van der Waals surface area contributed by atoms with Crippen LogP contribution in [-0.4, -0.2) is 13.1 Å². The lowest BCUT2D eigenvalue weighted by Crippen LogP contribution is -2.27. The molecule has 0 bridgehead atoms. The summed E-state index contributed by atoms with van der Waals surface area (Å²) in [6.45, 7) is 12.8. The second-order valence-electron chi connectivity index (χ2n) is 5.74. The summed E-state index contributed by atoms with van der Waals surface area (Å²) in [5, 5.41) is 3.29. The van der Waals surface area contributed by atoms with E-state index in [0.717, 1.165) is 13.1 Å². The summed E-state index contributed by atoms with van der Waals surface area (Å²) in [6, 6.07) is 6.73. The van der Waals surface area contributed by atoms with Crippen LogP contribution in [0.1, 0.15) is 50.4 Å². The fourth-order valence-corrected chi connectivity index (χ4v) is 1.97. The molecular weight excluding hydrogens is 208 g/mol. The van der Waals surface area contributed by atoms with Gasteiger partial charge in [0.15, 0.2) is 0 Å². The van der Waals surface area contributed by atoms with Crippen molar-refractivity contribution >= 4 is 0 Å². The average molecular weight is 234 g/mol. The number of hydrogen-bond acceptors (Lipinski definition) is 2. The van der Waals surface area contributed by atoms with Crippen LogP contribution in [0.25, 0.3) is 0 Å². The first kappa shape index (κ1) is 14.2. The van der Waals surface area contributed by atoms with E-state index in [4.69, 9.17) is 5.73 Å². The van der Waals surface area contributed by atoms with Gasteiger partial charge in [-0.15, -0.1) is 0 Å². The Morgan fingerprint density at radius 2 is 1.94 bits per heavy atom. The summed E-state index contributed by atoms with van der Waals surface area (Å²) in [7, 11) is 0. The zero-order valence-electron chi connectivity index (χ0n) is 11.8. The molecule has 0 amide bonds. The molecule has 17 heavy (non-hydrogen) atoms. The SMILES string of the molecule is CCNCC(N)c1ccc(C(C)(C)C)cc1C. The highest BCUT2D eigenvalue weighted by Gasteiger charge is 2.16. The molecule has 0 spiro atoms. The van der Waals surface area contributed by atoms with Gasteiger partial charge in [-0.25, -0.2) is 0 Å². The van der Waals surface area contributed by atoms with E-state index in [1.807, 2.05) is 0 Å². The maximum absolute atomic E-state index is 6.18. The van der Waals surface area contributed by atoms with E-state index < -0.39 is 0 Å². The number of benzene rings is 1. The molecule has 1 atom stereocenters. The molecule has 0 heterocycles. The van der Waals surface area contributed by atoms with Crippen molar-refractivity contribution in [3.63, 3.8) is 0 Å². The van der Waals surface area contributed by atoms with Crippen molar-refractivity contribution in [2.75, 3.05) is 13.1 Å². The Morgan fingerprint density at radius 3 is 2.41 bits per heavy atom. The van der Waals surface area contributed by atoms with Gasteiger partial charge in [0.25, 0.3) is 0 Å². The molecule has 1 aromatic carbocycles. The Kier molecular flexibility index (Phi) is 4.72. The lowest BCUT2D eigenvalue weighted by molar-refractivity contribution is 0.585. The zero-order valence-corrected chi connectivity index (χ0v) is 11.8. The van der Waals surface area contributed by atoms with Crippen LogP contribution in [0.3, 0.4) is 0 Å². The van der Waals surface area contributed by atoms with Crippen molar-refractivity contribution in [2.24, 2.45) is 5.73 Å². The fourth-order valence-electron chi connectivity index (χ4n) is 1.97. The second-order valence-corrected chi connectivity index (χ2v) is 5.74. The fraction of sp³-hybridized carbons (Fsp3) is 0.600. The topological polar surface area (TPSA) is 38.0 Å². The highest BCUT2D eigenvalue weighted by molar-refractivity contribution is 5.36. The van der Waals surface area contributed by atoms with Crippen molar-refractivity contribution < 1.29 is 0 Å². The third-order valence-electron chi connectivity index (χ3n) is 3.15. The normalized spacial score (nSPS) is 13.8. The van der Waals surface area contributed by atoms with E-state index >= 15 is 0 Å². The van der Waals surface area contributed by atoms with Gasteiger partial charge in [0, 0.05) is 12.6 Å². The Labute approximate surface area is 106 Å². The van der Waals surface area contributed by atoms with Gasteiger partial charge in [-0.05, 0) is 35.6 Å². The average Bonchev–Trinajstić information content (AvgIpc) is 2.24. The standard InChI is InChI=1S/C15H26N2/c1-6-17-10-14(16)13-8-7-12(9-11(13)2)15(3,4)5/h7-9,14,17H,6,10,16H2,1-5H3. The van der Waals surface area contributed by atoms with Crippen molar-refractivity contribution in [1.29, 1.82) is 0 Å². The molecule has 96 valence electrons. The minimum atomic E-state index is 0.0870. The Hall–Kier alpha value is -0.860. The van der Waals surface area contributed by atoms with E-state index in [-0.39, 0.29) is 11.5 Å². The summed E-state index contributed by atoms with van der Waals surface area (Å²) >= 11 is 0. The smallest absolute Gasteiger partial charge is 0.0424 e. The quantitative estimate of drug-likeness (QED) is 0.840. The molecule has 0 saturated carbocycles. The lowest BCUT2D eigenvalue weighted by Gasteiger charge is -2.22. The molecule has 2 heteroatoms. The maximum atomic E-state index is 6.18. The minimum absolute atomic E-state index is 0.0870. The van der Waals surface area contributed by atoms with Gasteiger partial charge < -0.3 is 11.1 Å². The predicted molar refractivity (Wildman–Crippen MR) is 75.4 cm³/mol. The molecular formula is C15H26N2. The van der Waals surface area contributed by atoms with Gasteiger partial charge in [0.2, 0.25) is 0 Å². The van der Waals surface area contributed by atoms with E-state index in [9.17, 15) is 0 Å². The summed E-state index contributed by atoms with van der Waals surface area (Å²) < 4.78 is 0. The van der Waals surface area contributed by atoms with Crippen LogP contribution in [-0.2, 0) is 5.41 Å². The molecule has 0 saturated heterocycles. The monoisotopic (exact) mass is 234 g/mol. The van der Waals surface area contributed by atoms with Gasteiger partial charge in [0.1, 0.15) is 0 Å². The van der Waals surface area contributed by atoms with Crippen LogP contribution in [0, 0.1) is 6.92 Å². The summed E-state index contributed by atoms with van der Waals surface area (Å²) in [5.41, 5.74) is 10.3. The second kappa shape index (κ2) is 5.65. The lowest BCUT2D eigenvalue weighted by atomic mass is 9.84. The number of hydrogen-bond donors (Lipinski definition) is 2. The molecule has 0 aliphatic heterocycles. The van der Waals surface area contributed by atoms with Crippen molar-refractivity contribution in [3.05, 3.63) is 34.9 Å². The van der Waals surface area contributed by atoms with E-state index in [1.54, 1.807) is 0 Å². The Balaban J connectivity index is 2.90. The highest BCUT2D eigenvalue weighted by atomic mass is 14.9. The molecule has 1 aromatic rings. The number of rotatable bonds is 4. The molecule has 1 rings (SSSR count). The first-order valence-electron chi connectivity index (χ1n) is 6.43. The van der Waals surface area contributed by atoms with Gasteiger partial charge in [-0.2, -0.15) is 0 Å². The van der Waals surface area contributed by atoms with Crippen LogP contribution in [0.15, 0.2) is 18.2 Å². The van der Waals surface area contributed by atoms with Gasteiger partial charge >= 0.3 is 0 Å². The van der Waals surface area contributed by atoms with Crippen LogP contribution >= 0.6 is 0 Å². The minimum Gasteiger partial charge on any atom is -0.323 e. The van der Waals surface area contributed by atoms with Gasteiger partial charge in [-0.1, -0.05) is 45.9 Å². The molecule has 2 nitrogen and oxygen atoms in total. The first-order valence-corrected chi connectivity index (χ1v) is 6.43. The number of likely N-dealkylation sites (N-methyl/N-ethyl adjacent to an activating group) is 1. The summed E-state index contributed by atoms with van der Waals surface area (Å²) in [4.78, 5) is 0. The molecule has 1 unspecified atom stereocenters. The molecule has 0 aliphatic carbocycles. The van der Waals surface area contributed by atoms with Crippen molar-refractivity contribution in [3.8, 4) is 0 Å². The van der Waals surface area contributed by atoms with Crippen LogP contribution < -0.4 is 11.1 Å². The summed E-state index contributed by atoms with van der Waals surface area (Å²) in [6.07, 6.45) is 0. The molecule has 0 fully saturated rings. The van der Waals surface area contributed by atoms with Crippen molar-refractivity contribution in [2.45, 2.75) is 46.1 Å². The van der Waals surface area contributed by atoms with Gasteiger partial charge in [-0.3, -0.25) is 0 Å². The van der Waals surface area contributed by atoms with Crippen LogP contribution in [0.5, 0.6) is 0 Å². The van der Waals surface area contributed by atoms with E-state index in [1.165, 1.54) is 16.7 Å². The first-order chi connectivity index (χ1) is 7.86. The third-order valence-corrected chi connectivity index (χ3v) is 3.15. The largest absolute Gasteiger partial charge is 0.323 e.